The second kappa shape index (κ2) is 9.15. The van der Waals surface area contributed by atoms with Gasteiger partial charge in [-0.1, -0.05) is 16.7 Å². The molecular weight excluding hydrogens is 436 g/mol. The predicted molar refractivity (Wildman–Crippen MR) is 119 cm³/mol. The van der Waals surface area contributed by atoms with Gasteiger partial charge >= 0.3 is 6.01 Å². The number of hydrogen-bond acceptors (Lipinski definition) is 8. The fraction of sp³-hybridized carbons (Fsp3) is 0.238. The van der Waals surface area contributed by atoms with Gasteiger partial charge in [0, 0.05) is 17.0 Å². The molecule has 11 heteroatoms. The first-order chi connectivity index (χ1) is 15.4. The summed E-state index contributed by atoms with van der Waals surface area (Å²) in [7, 11) is 1.51. The monoisotopic (exact) mass is 456 g/mol. The summed E-state index contributed by atoms with van der Waals surface area (Å²) in [5.74, 6) is 0.913. The Labute approximate surface area is 188 Å². The summed E-state index contributed by atoms with van der Waals surface area (Å²) in [5.41, 5.74) is 2.05. The Hall–Kier alpha value is -3.79. The Bertz CT molecular complexity index is 1250. The van der Waals surface area contributed by atoms with Crippen molar-refractivity contribution in [3.8, 4) is 23.0 Å². The normalized spacial score (nSPS) is 11.0. The van der Waals surface area contributed by atoms with E-state index in [9.17, 15) is 4.79 Å². The minimum Gasteiger partial charge on any atom is -0.493 e. The fourth-order valence-electron chi connectivity index (χ4n) is 3.01. The topological polar surface area (TPSA) is 127 Å². The van der Waals surface area contributed by atoms with Crippen molar-refractivity contribution in [2.75, 3.05) is 19.0 Å². The number of halogens is 1. The number of methoxy groups -OCH3 is 1. The van der Waals surface area contributed by atoms with Crippen molar-refractivity contribution >= 4 is 40.1 Å². The molecule has 0 aliphatic carbocycles. The molecule has 2 aromatic carbocycles. The number of rotatable bonds is 8. The molecule has 0 bridgehead atoms. The van der Waals surface area contributed by atoms with E-state index in [0.29, 0.717) is 27.8 Å². The minimum atomic E-state index is -0.217. The van der Waals surface area contributed by atoms with Gasteiger partial charge in [0.2, 0.25) is 5.89 Å². The van der Waals surface area contributed by atoms with Crippen LogP contribution in [0.5, 0.6) is 11.5 Å². The van der Waals surface area contributed by atoms with E-state index in [1.54, 1.807) is 30.5 Å². The molecule has 0 aliphatic rings. The molecule has 0 saturated carbocycles. The number of nitrogens with one attached hydrogen (secondary N) is 3. The zero-order valence-electron chi connectivity index (χ0n) is 17.6. The summed E-state index contributed by atoms with van der Waals surface area (Å²) in [6.45, 7) is 3.64. The molecule has 0 saturated heterocycles. The van der Waals surface area contributed by atoms with Gasteiger partial charge < -0.3 is 24.5 Å². The third kappa shape index (κ3) is 4.59. The van der Waals surface area contributed by atoms with Crippen molar-refractivity contribution in [2.24, 2.45) is 0 Å². The number of aromatic amines is 1. The average Bonchev–Trinajstić information content (AvgIpc) is 3.43. The SMILES string of the molecule is COc1cc(-c2nnc(Nc3ccc4[nH]ncc4c3Cl)o2)ccc1OCC(=O)NC(C)C. The highest BCUT2D eigenvalue weighted by molar-refractivity contribution is 6.38. The predicted octanol–water partition coefficient (Wildman–Crippen LogP) is 3.92. The van der Waals surface area contributed by atoms with Gasteiger partial charge in [0.25, 0.3) is 5.91 Å². The number of benzene rings is 2. The lowest BCUT2D eigenvalue weighted by atomic mass is 10.2. The van der Waals surface area contributed by atoms with Crippen LogP contribution < -0.4 is 20.1 Å². The fourth-order valence-corrected chi connectivity index (χ4v) is 3.27. The highest BCUT2D eigenvalue weighted by Gasteiger charge is 2.15. The number of ether oxygens (including phenoxy) is 2. The highest BCUT2D eigenvalue weighted by atomic mass is 35.5. The number of H-pyrrole nitrogens is 1. The molecule has 166 valence electrons. The van der Waals surface area contributed by atoms with Crippen molar-refractivity contribution in [2.45, 2.75) is 19.9 Å². The highest BCUT2D eigenvalue weighted by Crippen LogP contribution is 2.34. The van der Waals surface area contributed by atoms with Gasteiger partial charge in [-0.3, -0.25) is 9.89 Å². The molecule has 3 N–H and O–H groups in total. The van der Waals surface area contributed by atoms with Gasteiger partial charge in [-0.2, -0.15) is 5.10 Å². The van der Waals surface area contributed by atoms with E-state index in [1.807, 2.05) is 19.9 Å². The maximum absolute atomic E-state index is 11.8. The lowest BCUT2D eigenvalue weighted by Gasteiger charge is -2.12. The molecule has 0 fully saturated rings. The third-order valence-corrected chi connectivity index (χ3v) is 4.85. The van der Waals surface area contributed by atoms with Gasteiger partial charge in [0.1, 0.15) is 0 Å². The van der Waals surface area contributed by atoms with Crippen LogP contribution in [0.25, 0.3) is 22.4 Å². The zero-order chi connectivity index (χ0) is 22.7. The van der Waals surface area contributed by atoms with E-state index >= 15 is 0 Å². The third-order valence-electron chi connectivity index (χ3n) is 4.44. The first-order valence-corrected chi connectivity index (χ1v) is 10.1. The van der Waals surface area contributed by atoms with Crippen molar-refractivity contribution in [1.82, 2.24) is 25.7 Å². The number of aromatic nitrogens is 4. The minimum absolute atomic E-state index is 0.0344. The summed E-state index contributed by atoms with van der Waals surface area (Å²) >= 11 is 6.42. The Balaban J connectivity index is 1.49. The molecule has 0 aliphatic heterocycles. The van der Waals surface area contributed by atoms with Crippen LogP contribution >= 0.6 is 11.6 Å². The lowest BCUT2D eigenvalue weighted by molar-refractivity contribution is -0.123. The number of carbonyl (C=O) groups is 1. The lowest BCUT2D eigenvalue weighted by Crippen LogP contribution is -2.34. The maximum Gasteiger partial charge on any atom is 0.320 e. The second-order valence-electron chi connectivity index (χ2n) is 7.17. The van der Waals surface area contributed by atoms with Crippen LogP contribution in [0.3, 0.4) is 0 Å². The first kappa shape index (κ1) is 21.4. The number of hydrogen-bond donors (Lipinski definition) is 3. The molecule has 0 spiro atoms. The molecule has 32 heavy (non-hydrogen) atoms. The summed E-state index contributed by atoms with van der Waals surface area (Å²) in [4.78, 5) is 11.8. The number of amides is 1. The number of nitrogens with zero attached hydrogens (tertiary/aromatic N) is 3. The summed E-state index contributed by atoms with van der Waals surface area (Å²) < 4.78 is 16.7. The molecule has 0 radical (unpaired) electrons. The number of anilines is 2. The molecule has 0 unspecified atom stereocenters. The number of carbonyl (C=O) groups excluding carboxylic acids is 1. The molecule has 2 heterocycles. The van der Waals surface area contributed by atoms with E-state index in [-0.39, 0.29) is 30.5 Å². The van der Waals surface area contributed by atoms with E-state index in [2.05, 4.69) is 31.0 Å². The van der Waals surface area contributed by atoms with Crippen LogP contribution in [0.1, 0.15) is 13.8 Å². The Morgan fingerprint density at radius 2 is 2.06 bits per heavy atom. The summed E-state index contributed by atoms with van der Waals surface area (Å²) in [6, 6.07) is 8.95. The summed E-state index contributed by atoms with van der Waals surface area (Å²) in [5, 5.41) is 22.0. The first-order valence-electron chi connectivity index (χ1n) is 9.77. The van der Waals surface area contributed by atoms with Crippen LogP contribution in [0.15, 0.2) is 40.9 Å². The molecule has 4 aromatic rings. The average molecular weight is 457 g/mol. The molecule has 4 rings (SSSR count). The van der Waals surface area contributed by atoms with Crippen LogP contribution in [-0.2, 0) is 4.79 Å². The molecule has 0 atom stereocenters. The summed E-state index contributed by atoms with van der Waals surface area (Å²) in [6.07, 6.45) is 1.64. The number of fused-ring (bicyclic) bond motifs is 1. The second-order valence-corrected chi connectivity index (χ2v) is 7.55. The van der Waals surface area contributed by atoms with Crippen molar-refractivity contribution in [3.63, 3.8) is 0 Å². The van der Waals surface area contributed by atoms with Crippen molar-refractivity contribution in [1.29, 1.82) is 0 Å². The molecule has 10 nitrogen and oxygen atoms in total. The standard InChI is InChI=1S/C21H21ClN6O4/c1-11(2)24-18(29)10-31-16-7-4-12(8-17(16)30-3)20-27-28-21(32-20)25-15-6-5-14-13(19(15)22)9-23-26-14/h4-9,11H,10H2,1-3H3,(H,23,26)(H,24,29)(H,25,28). The van der Waals surface area contributed by atoms with Crippen LogP contribution in [0, 0.1) is 0 Å². The quantitative estimate of drug-likeness (QED) is 0.364. The van der Waals surface area contributed by atoms with Crippen LogP contribution in [0.2, 0.25) is 5.02 Å². The van der Waals surface area contributed by atoms with Crippen molar-refractivity contribution < 1.29 is 18.7 Å². The molecule has 2 aromatic heterocycles. The van der Waals surface area contributed by atoms with Crippen LogP contribution in [-0.4, -0.2) is 46.1 Å². The zero-order valence-corrected chi connectivity index (χ0v) is 18.4. The van der Waals surface area contributed by atoms with Gasteiger partial charge in [-0.25, -0.2) is 0 Å². The largest absolute Gasteiger partial charge is 0.493 e. The molecular formula is C21H21ClN6O4. The maximum atomic E-state index is 11.8. The van der Waals surface area contributed by atoms with E-state index in [1.165, 1.54) is 7.11 Å². The van der Waals surface area contributed by atoms with Gasteiger partial charge in [-0.05, 0) is 44.2 Å². The van der Waals surface area contributed by atoms with Crippen molar-refractivity contribution in [3.05, 3.63) is 41.6 Å². The van der Waals surface area contributed by atoms with E-state index < -0.39 is 0 Å². The Morgan fingerprint density at radius 3 is 2.84 bits per heavy atom. The van der Waals surface area contributed by atoms with Gasteiger partial charge in [0.05, 0.1) is 29.5 Å². The van der Waals surface area contributed by atoms with E-state index in [4.69, 9.17) is 25.5 Å². The Morgan fingerprint density at radius 1 is 1.22 bits per heavy atom. The molecule has 1 amide bonds. The Kier molecular flexibility index (Phi) is 6.13. The van der Waals surface area contributed by atoms with Crippen LogP contribution in [0.4, 0.5) is 11.7 Å². The van der Waals surface area contributed by atoms with Gasteiger partial charge in [0.15, 0.2) is 18.1 Å². The van der Waals surface area contributed by atoms with Gasteiger partial charge in [-0.15, -0.1) is 5.10 Å². The smallest absolute Gasteiger partial charge is 0.320 e. The van der Waals surface area contributed by atoms with E-state index in [0.717, 1.165) is 10.9 Å².